The molecule has 1 unspecified atom stereocenters. The Hall–Kier alpha value is -0.410. The first-order chi connectivity index (χ1) is 6.79. The quantitative estimate of drug-likeness (QED) is 0.670. The van der Waals surface area contributed by atoms with Crippen LogP contribution < -0.4 is 5.32 Å². The van der Waals surface area contributed by atoms with Crippen molar-refractivity contribution in [3.05, 3.63) is 0 Å². The van der Waals surface area contributed by atoms with Gasteiger partial charge in [-0.3, -0.25) is 4.90 Å². The van der Waals surface area contributed by atoms with Gasteiger partial charge in [-0.1, -0.05) is 6.92 Å². The Morgan fingerprint density at radius 2 is 2.14 bits per heavy atom. The number of nitrogens with one attached hydrogen (secondary N) is 1. The predicted octanol–water partition coefficient (Wildman–Crippen LogP) is 1.04. The molecule has 1 N–H and O–H groups in total. The number of hydrogen-bond donors (Lipinski definition) is 1. The molecule has 0 spiro atoms. The van der Waals surface area contributed by atoms with Gasteiger partial charge >= 0.3 is 0 Å². The van der Waals surface area contributed by atoms with E-state index < -0.39 is 0 Å². The van der Waals surface area contributed by atoms with Crippen molar-refractivity contribution >= 4 is 6.29 Å². The Morgan fingerprint density at radius 3 is 2.64 bits per heavy atom. The lowest BCUT2D eigenvalue weighted by molar-refractivity contribution is -0.113. The number of aldehydes is 1. The fourth-order valence-electron chi connectivity index (χ4n) is 2.19. The molecule has 1 atom stereocenters. The smallest absolute Gasteiger partial charge is 0.136 e. The monoisotopic (exact) mass is 198 g/mol. The number of carbonyl (C=O) groups is 1. The highest BCUT2D eigenvalue weighted by Crippen LogP contribution is 2.14. The third kappa shape index (κ3) is 3.07. The molecule has 1 saturated heterocycles. The fourth-order valence-corrected chi connectivity index (χ4v) is 2.19. The molecule has 0 aromatic rings. The van der Waals surface area contributed by atoms with E-state index in [1.165, 1.54) is 12.8 Å². The molecule has 1 rings (SSSR count). The van der Waals surface area contributed by atoms with E-state index in [0.29, 0.717) is 6.04 Å². The van der Waals surface area contributed by atoms with E-state index in [-0.39, 0.29) is 6.04 Å². The predicted molar refractivity (Wildman–Crippen MR) is 58.4 cm³/mol. The summed E-state index contributed by atoms with van der Waals surface area (Å²) < 4.78 is 0. The van der Waals surface area contributed by atoms with Gasteiger partial charge in [-0.05, 0) is 45.8 Å². The van der Waals surface area contributed by atoms with Crippen LogP contribution in [-0.4, -0.2) is 42.9 Å². The van der Waals surface area contributed by atoms with Gasteiger partial charge in [0.25, 0.3) is 0 Å². The molecule has 0 radical (unpaired) electrons. The lowest BCUT2D eigenvalue weighted by atomic mass is 10.0. The molecule has 1 heterocycles. The van der Waals surface area contributed by atoms with Crippen LogP contribution in [0, 0.1) is 0 Å². The Bertz CT molecular complexity index is 167. The van der Waals surface area contributed by atoms with E-state index >= 15 is 0 Å². The molecule has 0 aromatic heterocycles. The van der Waals surface area contributed by atoms with Crippen LogP contribution in [0.3, 0.4) is 0 Å². The normalized spacial score (nSPS) is 21.1. The van der Waals surface area contributed by atoms with Crippen molar-refractivity contribution in [2.24, 2.45) is 0 Å². The number of nitrogens with zero attached hydrogens (tertiary/aromatic N) is 1. The van der Waals surface area contributed by atoms with Crippen LogP contribution in [0.2, 0.25) is 0 Å². The molecule has 0 bridgehead atoms. The van der Waals surface area contributed by atoms with E-state index in [4.69, 9.17) is 0 Å². The third-order valence-electron chi connectivity index (χ3n) is 2.98. The first-order valence-electron chi connectivity index (χ1n) is 5.71. The van der Waals surface area contributed by atoms with Crippen molar-refractivity contribution in [3.63, 3.8) is 0 Å². The molecular weight excluding hydrogens is 176 g/mol. The maximum absolute atomic E-state index is 10.8. The Kier molecular flexibility index (Phi) is 5.12. The molecule has 3 heteroatoms. The van der Waals surface area contributed by atoms with Gasteiger partial charge in [0.1, 0.15) is 6.29 Å². The summed E-state index contributed by atoms with van der Waals surface area (Å²) in [6, 6.07) is 0.689. The first kappa shape index (κ1) is 11.7. The maximum atomic E-state index is 10.8. The SMILES string of the molecule is CCCN(C(C)C=O)C1CCNCC1. The van der Waals surface area contributed by atoms with E-state index in [2.05, 4.69) is 17.1 Å². The Labute approximate surface area is 86.9 Å². The molecule has 0 aliphatic carbocycles. The summed E-state index contributed by atoms with van der Waals surface area (Å²) in [5.74, 6) is 0. The second kappa shape index (κ2) is 6.14. The van der Waals surface area contributed by atoms with Crippen molar-refractivity contribution in [1.82, 2.24) is 10.2 Å². The highest BCUT2D eigenvalue weighted by Gasteiger charge is 2.23. The average Bonchev–Trinajstić information content (AvgIpc) is 2.26. The van der Waals surface area contributed by atoms with E-state index in [1.807, 2.05) is 6.92 Å². The zero-order valence-corrected chi connectivity index (χ0v) is 9.33. The van der Waals surface area contributed by atoms with Crippen LogP contribution in [0.1, 0.15) is 33.1 Å². The lowest BCUT2D eigenvalue weighted by Gasteiger charge is -2.36. The minimum Gasteiger partial charge on any atom is -0.317 e. The van der Waals surface area contributed by atoms with Crippen LogP contribution in [0.5, 0.6) is 0 Å². The maximum Gasteiger partial charge on any atom is 0.136 e. The highest BCUT2D eigenvalue weighted by molar-refractivity contribution is 5.56. The summed E-state index contributed by atoms with van der Waals surface area (Å²) in [5.41, 5.74) is 0. The third-order valence-corrected chi connectivity index (χ3v) is 2.98. The zero-order chi connectivity index (χ0) is 10.4. The van der Waals surface area contributed by atoms with Crippen LogP contribution in [0.4, 0.5) is 0 Å². The molecule has 1 aliphatic heterocycles. The molecular formula is C11H22N2O. The van der Waals surface area contributed by atoms with Gasteiger partial charge in [-0.2, -0.15) is 0 Å². The fraction of sp³-hybridized carbons (Fsp3) is 0.909. The number of hydrogen-bond acceptors (Lipinski definition) is 3. The van der Waals surface area contributed by atoms with Crippen molar-refractivity contribution in [2.75, 3.05) is 19.6 Å². The van der Waals surface area contributed by atoms with Gasteiger partial charge in [0.05, 0.1) is 6.04 Å². The van der Waals surface area contributed by atoms with Gasteiger partial charge in [-0.15, -0.1) is 0 Å². The van der Waals surface area contributed by atoms with Gasteiger partial charge < -0.3 is 10.1 Å². The van der Waals surface area contributed by atoms with Crippen molar-refractivity contribution in [1.29, 1.82) is 0 Å². The number of carbonyl (C=O) groups excluding carboxylic acids is 1. The zero-order valence-electron chi connectivity index (χ0n) is 9.33. The summed E-state index contributed by atoms with van der Waals surface area (Å²) >= 11 is 0. The van der Waals surface area contributed by atoms with Gasteiger partial charge in [0.2, 0.25) is 0 Å². The summed E-state index contributed by atoms with van der Waals surface area (Å²) in [6.45, 7) is 7.41. The van der Waals surface area contributed by atoms with E-state index in [1.54, 1.807) is 0 Å². The van der Waals surface area contributed by atoms with E-state index in [9.17, 15) is 4.79 Å². The lowest BCUT2D eigenvalue weighted by Crippen LogP contribution is -2.48. The minimum atomic E-state index is 0.0815. The Morgan fingerprint density at radius 1 is 1.50 bits per heavy atom. The second-order valence-corrected chi connectivity index (χ2v) is 4.10. The van der Waals surface area contributed by atoms with Gasteiger partial charge in [0.15, 0.2) is 0 Å². The summed E-state index contributed by atoms with van der Waals surface area (Å²) in [6.07, 6.45) is 4.55. The average molecular weight is 198 g/mol. The molecule has 3 nitrogen and oxygen atoms in total. The largest absolute Gasteiger partial charge is 0.317 e. The summed E-state index contributed by atoms with van der Waals surface area (Å²) in [7, 11) is 0. The van der Waals surface area contributed by atoms with Crippen molar-refractivity contribution in [2.45, 2.75) is 45.2 Å². The van der Waals surface area contributed by atoms with Crippen LogP contribution in [0.25, 0.3) is 0 Å². The molecule has 0 aromatic carbocycles. The van der Waals surface area contributed by atoms with Crippen LogP contribution >= 0.6 is 0 Å². The molecule has 82 valence electrons. The summed E-state index contributed by atoms with van der Waals surface area (Å²) in [5, 5.41) is 3.35. The number of rotatable bonds is 5. The molecule has 1 aliphatic rings. The van der Waals surface area contributed by atoms with E-state index in [0.717, 1.165) is 32.3 Å². The van der Waals surface area contributed by atoms with Crippen molar-refractivity contribution < 1.29 is 4.79 Å². The minimum absolute atomic E-state index is 0.0815. The second-order valence-electron chi connectivity index (χ2n) is 4.10. The highest BCUT2D eigenvalue weighted by atomic mass is 16.1. The molecule has 14 heavy (non-hydrogen) atoms. The van der Waals surface area contributed by atoms with Gasteiger partial charge in [-0.25, -0.2) is 0 Å². The molecule has 1 fully saturated rings. The molecule has 0 saturated carbocycles. The van der Waals surface area contributed by atoms with Crippen LogP contribution in [0.15, 0.2) is 0 Å². The summed E-state index contributed by atoms with van der Waals surface area (Å²) in [4.78, 5) is 13.2. The molecule has 0 amide bonds. The Balaban J connectivity index is 2.50. The first-order valence-corrected chi connectivity index (χ1v) is 5.71. The van der Waals surface area contributed by atoms with Crippen LogP contribution in [-0.2, 0) is 4.79 Å². The topological polar surface area (TPSA) is 32.3 Å². The standard InChI is InChI=1S/C11H22N2O/c1-3-8-13(10(2)9-14)11-4-6-12-7-5-11/h9-12H,3-8H2,1-2H3. The van der Waals surface area contributed by atoms with Crippen molar-refractivity contribution in [3.8, 4) is 0 Å². The van der Waals surface area contributed by atoms with Gasteiger partial charge in [0, 0.05) is 6.04 Å². The number of piperidine rings is 1.